The molecule has 0 aromatic carbocycles. The number of likely N-dealkylation sites (tertiary alicyclic amines) is 1. The van der Waals surface area contributed by atoms with Gasteiger partial charge < -0.3 is 24.6 Å². The molecule has 12 heteroatoms. The molecule has 2 amide bonds. The third kappa shape index (κ3) is 5.97. The zero-order valence-corrected chi connectivity index (χ0v) is 18.4. The molecule has 4 rings (SSSR count). The maximum absolute atomic E-state index is 12.2. The minimum atomic E-state index is -0.990. The third-order valence-corrected chi connectivity index (χ3v) is 5.42. The minimum Gasteiger partial charge on any atom is -0.477 e. The van der Waals surface area contributed by atoms with Crippen LogP contribution >= 0.6 is 0 Å². The van der Waals surface area contributed by atoms with Gasteiger partial charge in [0.1, 0.15) is 17.0 Å². The molecule has 2 aromatic rings. The highest BCUT2D eigenvalue weighted by atomic mass is 16.6. The second kappa shape index (κ2) is 10.6. The van der Waals surface area contributed by atoms with Crippen molar-refractivity contribution in [1.29, 1.82) is 0 Å². The zero-order chi connectivity index (χ0) is 24.7. The Morgan fingerprint density at radius 1 is 1.09 bits per heavy atom. The standard InChI is InChI=1S/C16H19N3O6.C6H5NO2/c1-24-13(20)12-4-2-3-11(17-12)9-19-10-16(25-15(19)23)5-7-18(8-6-16)14(21)22;8-6(9)5-3-1-2-4-7-5/h2-4H,5-10H2,1H3,(H,21,22);1-4H,(H,8,9). The Morgan fingerprint density at radius 2 is 1.79 bits per heavy atom. The second-order valence-electron chi connectivity index (χ2n) is 7.70. The number of esters is 1. The van der Waals surface area contributed by atoms with Crippen molar-refractivity contribution in [2.24, 2.45) is 0 Å². The number of aromatic nitrogens is 2. The molecule has 0 bridgehead atoms. The first-order valence-corrected chi connectivity index (χ1v) is 10.4. The monoisotopic (exact) mass is 472 g/mol. The van der Waals surface area contributed by atoms with Crippen molar-refractivity contribution in [2.75, 3.05) is 26.7 Å². The summed E-state index contributed by atoms with van der Waals surface area (Å²) >= 11 is 0. The van der Waals surface area contributed by atoms with Crippen LogP contribution in [0.25, 0.3) is 0 Å². The molecule has 1 spiro atoms. The van der Waals surface area contributed by atoms with Gasteiger partial charge in [0.25, 0.3) is 0 Å². The number of piperidine rings is 1. The smallest absolute Gasteiger partial charge is 0.410 e. The molecule has 0 unspecified atom stereocenters. The molecule has 2 aliphatic heterocycles. The van der Waals surface area contributed by atoms with Crippen molar-refractivity contribution in [2.45, 2.75) is 25.0 Å². The second-order valence-corrected chi connectivity index (χ2v) is 7.70. The Kier molecular flexibility index (Phi) is 7.61. The fraction of sp³-hybridized carbons (Fsp3) is 0.364. The van der Waals surface area contributed by atoms with Crippen LogP contribution in [0, 0.1) is 0 Å². The number of amides is 2. The SMILES string of the molecule is COC(=O)c1cccc(CN2CC3(CCN(C(=O)O)CC3)OC2=O)n1.O=C(O)c1ccccn1. The normalized spacial score (nSPS) is 16.3. The van der Waals surface area contributed by atoms with Gasteiger partial charge >= 0.3 is 24.1 Å². The summed E-state index contributed by atoms with van der Waals surface area (Å²) in [5.74, 6) is -1.53. The molecule has 0 aliphatic carbocycles. The molecule has 2 fully saturated rings. The fourth-order valence-electron chi connectivity index (χ4n) is 3.65. The quantitative estimate of drug-likeness (QED) is 0.631. The lowest BCUT2D eigenvalue weighted by molar-refractivity contribution is 0.00428. The lowest BCUT2D eigenvalue weighted by Gasteiger charge is -2.35. The highest BCUT2D eigenvalue weighted by Gasteiger charge is 2.47. The maximum Gasteiger partial charge on any atom is 0.410 e. The van der Waals surface area contributed by atoms with Crippen molar-refractivity contribution in [1.82, 2.24) is 19.8 Å². The van der Waals surface area contributed by atoms with Crippen LogP contribution < -0.4 is 0 Å². The molecule has 12 nitrogen and oxygen atoms in total. The number of hydrogen-bond donors (Lipinski definition) is 2. The van der Waals surface area contributed by atoms with E-state index in [0.29, 0.717) is 38.2 Å². The van der Waals surface area contributed by atoms with Crippen LogP contribution in [0.3, 0.4) is 0 Å². The molecule has 4 heterocycles. The summed E-state index contributed by atoms with van der Waals surface area (Å²) in [6.07, 6.45) is 0.978. The van der Waals surface area contributed by atoms with E-state index in [0.717, 1.165) is 0 Å². The van der Waals surface area contributed by atoms with Crippen molar-refractivity contribution >= 4 is 24.1 Å². The van der Waals surface area contributed by atoms with Crippen LogP contribution in [0.2, 0.25) is 0 Å². The summed E-state index contributed by atoms with van der Waals surface area (Å²) in [6, 6.07) is 9.70. The molecule has 0 atom stereocenters. The largest absolute Gasteiger partial charge is 0.477 e. The average Bonchev–Trinajstić information content (AvgIpc) is 3.13. The predicted molar refractivity (Wildman–Crippen MR) is 115 cm³/mol. The summed E-state index contributed by atoms with van der Waals surface area (Å²) in [6.45, 7) is 1.27. The van der Waals surface area contributed by atoms with Crippen LogP contribution in [0.5, 0.6) is 0 Å². The van der Waals surface area contributed by atoms with Crippen LogP contribution in [-0.2, 0) is 16.0 Å². The van der Waals surface area contributed by atoms with Gasteiger partial charge in [0.15, 0.2) is 0 Å². The van der Waals surface area contributed by atoms with E-state index in [4.69, 9.17) is 14.9 Å². The van der Waals surface area contributed by atoms with Crippen molar-refractivity contribution in [3.63, 3.8) is 0 Å². The summed E-state index contributed by atoms with van der Waals surface area (Å²) in [4.78, 5) is 55.5. The first-order chi connectivity index (χ1) is 16.2. The number of aromatic carboxylic acids is 1. The molecule has 180 valence electrons. The van der Waals surface area contributed by atoms with Crippen molar-refractivity contribution < 1.29 is 38.9 Å². The van der Waals surface area contributed by atoms with E-state index in [1.165, 1.54) is 29.2 Å². The molecule has 2 N–H and O–H groups in total. The van der Waals surface area contributed by atoms with Gasteiger partial charge in [-0.05, 0) is 24.3 Å². The Morgan fingerprint density at radius 3 is 2.35 bits per heavy atom. The Bertz CT molecular complexity index is 1050. The van der Waals surface area contributed by atoms with Crippen LogP contribution in [0.1, 0.15) is 39.5 Å². The summed E-state index contributed by atoms with van der Waals surface area (Å²) < 4.78 is 10.2. The predicted octanol–water partition coefficient (Wildman–Crippen LogP) is 2.11. The van der Waals surface area contributed by atoms with Gasteiger partial charge in [-0.15, -0.1) is 0 Å². The molecular weight excluding hydrogens is 448 g/mol. The number of carboxylic acids is 1. The Balaban J connectivity index is 0.000000302. The summed E-state index contributed by atoms with van der Waals surface area (Å²) in [7, 11) is 1.28. The van der Waals surface area contributed by atoms with Crippen LogP contribution in [0.15, 0.2) is 42.6 Å². The van der Waals surface area contributed by atoms with E-state index < -0.39 is 29.7 Å². The van der Waals surface area contributed by atoms with Crippen LogP contribution in [0.4, 0.5) is 9.59 Å². The summed E-state index contributed by atoms with van der Waals surface area (Å²) in [5.41, 5.74) is 0.164. The molecule has 2 saturated heterocycles. The highest BCUT2D eigenvalue weighted by molar-refractivity contribution is 5.87. The van der Waals surface area contributed by atoms with Gasteiger partial charge in [0, 0.05) is 32.1 Å². The van der Waals surface area contributed by atoms with Crippen molar-refractivity contribution in [3.05, 3.63) is 59.7 Å². The lowest BCUT2D eigenvalue weighted by atomic mass is 9.91. The number of nitrogens with zero attached hydrogens (tertiary/aromatic N) is 4. The van der Waals surface area contributed by atoms with E-state index in [1.807, 2.05) is 0 Å². The van der Waals surface area contributed by atoms with Crippen molar-refractivity contribution in [3.8, 4) is 0 Å². The molecule has 0 radical (unpaired) electrons. The molecular formula is C22H24N4O8. The van der Waals surface area contributed by atoms with E-state index in [1.54, 1.807) is 30.3 Å². The molecule has 0 saturated carbocycles. The van der Waals surface area contributed by atoms with Gasteiger partial charge in [-0.25, -0.2) is 29.1 Å². The maximum atomic E-state index is 12.2. The van der Waals surface area contributed by atoms with Gasteiger partial charge in [-0.1, -0.05) is 12.1 Å². The fourth-order valence-corrected chi connectivity index (χ4v) is 3.65. The van der Waals surface area contributed by atoms with Gasteiger partial charge in [-0.2, -0.15) is 0 Å². The average molecular weight is 472 g/mol. The topological polar surface area (TPSA) is 159 Å². The van der Waals surface area contributed by atoms with E-state index in [2.05, 4.69) is 14.7 Å². The van der Waals surface area contributed by atoms with Gasteiger partial charge in [0.2, 0.25) is 0 Å². The molecule has 2 aromatic heterocycles. The summed E-state index contributed by atoms with van der Waals surface area (Å²) in [5, 5.41) is 17.3. The minimum absolute atomic E-state index is 0.0810. The van der Waals surface area contributed by atoms with E-state index >= 15 is 0 Å². The first kappa shape index (κ1) is 24.4. The van der Waals surface area contributed by atoms with Crippen LogP contribution in [-0.4, -0.2) is 86.5 Å². The Hall–Kier alpha value is -4.22. The number of hydrogen-bond acceptors (Lipinski definition) is 8. The number of methoxy groups -OCH3 is 1. The number of rotatable bonds is 4. The Labute approximate surface area is 194 Å². The number of carbonyl (C=O) groups excluding carboxylic acids is 2. The van der Waals surface area contributed by atoms with Gasteiger partial charge in [0.05, 0.1) is 25.9 Å². The van der Waals surface area contributed by atoms with Gasteiger partial charge in [-0.3, -0.25) is 4.90 Å². The molecule has 34 heavy (non-hydrogen) atoms. The lowest BCUT2D eigenvalue weighted by Crippen LogP contribution is -2.48. The first-order valence-electron chi connectivity index (χ1n) is 10.4. The highest BCUT2D eigenvalue weighted by Crippen LogP contribution is 2.33. The number of ether oxygens (including phenoxy) is 2. The van der Waals surface area contributed by atoms with E-state index in [9.17, 15) is 19.2 Å². The number of carbonyl (C=O) groups is 4. The zero-order valence-electron chi connectivity index (χ0n) is 18.4. The van der Waals surface area contributed by atoms with E-state index in [-0.39, 0.29) is 17.9 Å². The third-order valence-electron chi connectivity index (χ3n) is 5.42. The molecule has 2 aliphatic rings. The number of pyridine rings is 2. The number of carboxylic acid groups (broad SMARTS) is 2.